The molecule has 4 rings (SSSR count). The summed E-state index contributed by atoms with van der Waals surface area (Å²) in [6.45, 7) is 0.142. The van der Waals surface area contributed by atoms with Gasteiger partial charge in [0.15, 0.2) is 11.5 Å². The summed E-state index contributed by atoms with van der Waals surface area (Å²) < 4.78 is 29.7. The molecule has 3 aromatic carbocycles. The predicted octanol–water partition coefficient (Wildman–Crippen LogP) is 4.57. The van der Waals surface area contributed by atoms with E-state index in [4.69, 9.17) is 14.2 Å². The van der Waals surface area contributed by atoms with E-state index in [1.54, 1.807) is 12.1 Å². The molecular weight excluding hydrogens is 413 g/mol. The molecule has 4 aromatic rings. The molecule has 0 unspecified atom stereocenters. The Bertz CT molecular complexity index is 1200. The van der Waals surface area contributed by atoms with E-state index in [9.17, 15) is 9.18 Å². The number of nitrogens with one attached hydrogen (secondary N) is 1. The Labute approximate surface area is 184 Å². The highest BCUT2D eigenvalue weighted by Crippen LogP contribution is 2.41. The minimum Gasteiger partial charge on any atom is -0.493 e. The van der Waals surface area contributed by atoms with Gasteiger partial charge in [0.2, 0.25) is 5.75 Å². The number of amides is 1. The van der Waals surface area contributed by atoms with E-state index in [2.05, 4.69) is 9.97 Å². The number of halogens is 1. The number of nitrogens with zero attached hydrogens (tertiary/aromatic N) is 2. The van der Waals surface area contributed by atoms with E-state index >= 15 is 0 Å². The number of ether oxygens (including phenoxy) is 3. The monoisotopic (exact) mass is 435 g/mol. The molecule has 0 aliphatic rings. The van der Waals surface area contributed by atoms with E-state index in [0.717, 1.165) is 11.0 Å². The van der Waals surface area contributed by atoms with Gasteiger partial charge in [0.05, 0.1) is 44.6 Å². The first kappa shape index (κ1) is 21.2. The Morgan fingerprint density at radius 1 is 0.969 bits per heavy atom. The number of benzene rings is 3. The average Bonchev–Trinajstić information content (AvgIpc) is 3.24. The largest absolute Gasteiger partial charge is 0.493 e. The molecule has 1 amide bonds. The Kier molecular flexibility index (Phi) is 5.93. The van der Waals surface area contributed by atoms with Gasteiger partial charge in [-0.15, -0.1) is 0 Å². The molecule has 7 nitrogen and oxygen atoms in total. The quantitative estimate of drug-likeness (QED) is 0.460. The van der Waals surface area contributed by atoms with Crippen LogP contribution in [0.15, 0.2) is 60.7 Å². The van der Waals surface area contributed by atoms with Crippen molar-refractivity contribution in [1.29, 1.82) is 0 Å². The fraction of sp³-hybridized carbons (Fsp3) is 0.167. The molecule has 0 saturated carbocycles. The second-order valence-corrected chi connectivity index (χ2v) is 6.98. The van der Waals surface area contributed by atoms with Crippen LogP contribution in [0, 0.1) is 5.82 Å². The van der Waals surface area contributed by atoms with Crippen LogP contribution in [0.2, 0.25) is 0 Å². The lowest BCUT2D eigenvalue weighted by molar-refractivity contribution is 0.0984. The number of hydrogen-bond acceptors (Lipinski definition) is 5. The SMILES string of the molecule is COc1cc(N(Cc2nc3ccccc3[nH]2)C(=O)c2ccc(F)cc2)cc(OC)c1OC. The fourth-order valence-corrected chi connectivity index (χ4v) is 3.48. The van der Waals surface area contributed by atoms with E-state index < -0.39 is 5.82 Å². The number of aromatic amines is 1. The Morgan fingerprint density at radius 2 is 1.62 bits per heavy atom. The van der Waals surface area contributed by atoms with Gasteiger partial charge in [-0.1, -0.05) is 12.1 Å². The third-order valence-electron chi connectivity index (χ3n) is 5.04. The molecule has 0 spiro atoms. The lowest BCUT2D eigenvalue weighted by Gasteiger charge is -2.24. The maximum atomic E-state index is 13.5. The second-order valence-electron chi connectivity index (χ2n) is 6.98. The molecule has 0 fully saturated rings. The number of fused-ring (bicyclic) bond motifs is 1. The molecule has 8 heteroatoms. The molecule has 0 aliphatic heterocycles. The van der Waals surface area contributed by atoms with E-state index in [0.29, 0.717) is 34.3 Å². The van der Waals surface area contributed by atoms with Crippen molar-refractivity contribution in [2.24, 2.45) is 0 Å². The molecule has 164 valence electrons. The van der Waals surface area contributed by atoms with Crippen molar-refractivity contribution in [2.75, 3.05) is 26.2 Å². The number of carbonyl (C=O) groups excluding carboxylic acids is 1. The Hall–Kier alpha value is -4.07. The van der Waals surface area contributed by atoms with Gasteiger partial charge in [0, 0.05) is 17.7 Å². The molecule has 0 bridgehead atoms. The molecule has 1 aromatic heterocycles. The van der Waals surface area contributed by atoms with Gasteiger partial charge >= 0.3 is 0 Å². The zero-order chi connectivity index (χ0) is 22.7. The fourth-order valence-electron chi connectivity index (χ4n) is 3.48. The lowest BCUT2D eigenvalue weighted by atomic mass is 10.1. The summed E-state index contributed by atoms with van der Waals surface area (Å²) in [5.74, 6) is 1.07. The number of anilines is 1. The highest BCUT2D eigenvalue weighted by Gasteiger charge is 2.24. The van der Waals surface area contributed by atoms with E-state index in [1.165, 1.54) is 50.5 Å². The number of methoxy groups -OCH3 is 3. The third-order valence-corrected chi connectivity index (χ3v) is 5.04. The first-order valence-electron chi connectivity index (χ1n) is 9.85. The smallest absolute Gasteiger partial charge is 0.258 e. The highest BCUT2D eigenvalue weighted by atomic mass is 19.1. The van der Waals surface area contributed by atoms with Crippen molar-refractivity contribution in [3.8, 4) is 17.2 Å². The number of rotatable bonds is 7. The van der Waals surface area contributed by atoms with Crippen LogP contribution in [0.1, 0.15) is 16.2 Å². The molecular formula is C24H22FN3O4. The van der Waals surface area contributed by atoms with Crippen LogP contribution >= 0.6 is 0 Å². The van der Waals surface area contributed by atoms with Gasteiger partial charge < -0.3 is 24.1 Å². The van der Waals surface area contributed by atoms with Crippen LogP contribution in [0.5, 0.6) is 17.2 Å². The first-order chi connectivity index (χ1) is 15.5. The normalized spacial score (nSPS) is 10.8. The predicted molar refractivity (Wildman–Crippen MR) is 119 cm³/mol. The Morgan fingerprint density at radius 3 is 2.22 bits per heavy atom. The van der Waals surface area contributed by atoms with Crippen molar-refractivity contribution >= 4 is 22.6 Å². The molecule has 32 heavy (non-hydrogen) atoms. The maximum Gasteiger partial charge on any atom is 0.258 e. The van der Waals surface area contributed by atoms with Gasteiger partial charge in [0.1, 0.15) is 11.6 Å². The molecule has 0 atom stereocenters. The Balaban J connectivity index is 1.81. The van der Waals surface area contributed by atoms with Gasteiger partial charge in [-0.25, -0.2) is 9.37 Å². The molecule has 0 saturated heterocycles. The number of H-pyrrole nitrogens is 1. The minimum atomic E-state index is -0.418. The standard InChI is InChI=1S/C24H22FN3O4/c1-30-20-12-17(13-21(31-2)23(20)32-3)28(24(29)15-8-10-16(25)11-9-15)14-22-26-18-6-4-5-7-19(18)27-22/h4-13H,14H2,1-3H3,(H,26,27). The number of carbonyl (C=O) groups is 1. The average molecular weight is 435 g/mol. The maximum absolute atomic E-state index is 13.5. The van der Waals surface area contributed by atoms with Crippen LogP contribution < -0.4 is 19.1 Å². The van der Waals surface area contributed by atoms with Crippen molar-refractivity contribution in [1.82, 2.24) is 9.97 Å². The molecule has 0 radical (unpaired) electrons. The van der Waals surface area contributed by atoms with Crippen LogP contribution in [-0.4, -0.2) is 37.2 Å². The third kappa shape index (κ3) is 4.07. The van der Waals surface area contributed by atoms with Crippen LogP contribution in [0.3, 0.4) is 0 Å². The van der Waals surface area contributed by atoms with Gasteiger partial charge in [-0.05, 0) is 36.4 Å². The summed E-state index contributed by atoms with van der Waals surface area (Å²) >= 11 is 0. The van der Waals surface area contributed by atoms with Crippen LogP contribution in [0.25, 0.3) is 11.0 Å². The summed E-state index contributed by atoms with van der Waals surface area (Å²) in [4.78, 5) is 22.8. The number of hydrogen-bond donors (Lipinski definition) is 1. The van der Waals surface area contributed by atoms with Crippen LogP contribution in [0.4, 0.5) is 10.1 Å². The molecule has 0 aliphatic carbocycles. The van der Waals surface area contributed by atoms with Crippen molar-refractivity contribution in [3.05, 3.63) is 77.9 Å². The van der Waals surface area contributed by atoms with Crippen molar-refractivity contribution in [3.63, 3.8) is 0 Å². The highest BCUT2D eigenvalue weighted by molar-refractivity contribution is 6.06. The number of imidazole rings is 1. The lowest BCUT2D eigenvalue weighted by Crippen LogP contribution is -2.31. The summed E-state index contributed by atoms with van der Waals surface area (Å²) in [5, 5.41) is 0. The first-order valence-corrected chi connectivity index (χ1v) is 9.85. The number of aromatic nitrogens is 2. The van der Waals surface area contributed by atoms with Gasteiger partial charge in [-0.3, -0.25) is 4.79 Å². The zero-order valence-corrected chi connectivity index (χ0v) is 17.9. The summed E-state index contributed by atoms with van der Waals surface area (Å²) in [5.41, 5.74) is 2.49. The van der Waals surface area contributed by atoms with E-state index in [1.807, 2.05) is 24.3 Å². The van der Waals surface area contributed by atoms with Crippen molar-refractivity contribution in [2.45, 2.75) is 6.54 Å². The van der Waals surface area contributed by atoms with Crippen molar-refractivity contribution < 1.29 is 23.4 Å². The van der Waals surface area contributed by atoms with Gasteiger partial charge in [0.25, 0.3) is 5.91 Å². The number of para-hydroxylation sites is 2. The molecule has 1 heterocycles. The summed E-state index contributed by atoms with van der Waals surface area (Å²) in [6, 6.07) is 16.4. The van der Waals surface area contributed by atoms with Gasteiger partial charge in [-0.2, -0.15) is 0 Å². The topological polar surface area (TPSA) is 76.7 Å². The summed E-state index contributed by atoms with van der Waals surface area (Å²) in [6.07, 6.45) is 0. The molecule has 1 N–H and O–H groups in total. The summed E-state index contributed by atoms with van der Waals surface area (Å²) in [7, 11) is 4.52. The second kappa shape index (κ2) is 8.97. The van der Waals surface area contributed by atoms with Crippen LogP contribution in [-0.2, 0) is 6.54 Å². The minimum absolute atomic E-state index is 0.142. The van der Waals surface area contributed by atoms with E-state index in [-0.39, 0.29) is 12.5 Å². The zero-order valence-electron chi connectivity index (χ0n) is 17.9.